The summed E-state index contributed by atoms with van der Waals surface area (Å²) < 4.78 is 13.2. The van der Waals surface area contributed by atoms with E-state index in [4.69, 9.17) is 5.11 Å². The van der Waals surface area contributed by atoms with Gasteiger partial charge in [-0.1, -0.05) is 38.5 Å². The van der Waals surface area contributed by atoms with Crippen LogP contribution in [-0.4, -0.2) is 17.4 Å². The van der Waals surface area contributed by atoms with E-state index in [-0.39, 0.29) is 0 Å². The molecule has 0 radical (unpaired) electrons. The minimum Gasteiger partial charge on any atom is -0.396 e. The van der Waals surface area contributed by atoms with E-state index in [1.54, 1.807) is 0 Å². The van der Waals surface area contributed by atoms with Crippen molar-refractivity contribution in [3.8, 4) is 0 Å². The predicted octanol–water partition coefficient (Wildman–Crippen LogP) is 3.99. The minimum atomic E-state index is -0.704. The number of aliphatic hydroxyl groups excluding tert-OH is 1. The molecule has 0 amide bonds. The van der Waals surface area contributed by atoms with E-state index in [2.05, 4.69) is 0 Å². The fourth-order valence-electron chi connectivity index (χ4n) is 3.62. The van der Waals surface area contributed by atoms with Crippen LogP contribution in [-0.2, 0) is 0 Å². The summed E-state index contributed by atoms with van der Waals surface area (Å²) in [6.45, 7) is 0.341. The van der Waals surface area contributed by atoms with Gasteiger partial charge in [-0.25, -0.2) is 4.39 Å². The van der Waals surface area contributed by atoms with Crippen molar-refractivity contribution < 1.29 is 9.50 Å². The SMILES string of the molecule is OCCCCCCCCCC12CC(F)(C1)C2. The van der Waals surface area contributed by atoms with Crippen LogP contribution in [0.4, 0.5) is 4.39 Å². The second-order valence-electron chi connectivity index (χ2n) is 6.13. The van der Waals surface area contributed by atoms with Crippen LogP contribution in [0, 0.1) is 5.41 Å². The molecule has 0 heterocycles. The highest BCUT2D eigenvalue weighted by molar-refractivity contribution is 5.18. The lowest BCUT2D eigenvalue weighted by Gasteiger charge is -2.66. The zero-order valence-corrected chi connectivity index (χ0v) is 10.3. The van der Waals surface area contributed by atoms with E-state index in [0.717, 1.165) is 25.7 Å². The molecule has 1 nitrogen and oxygen atoms in total. The topological polar surface area (TPSA) is 20.2 Å². The minimum absolute atomic E-state index is 0.341. The summed E-state index contributed by atoms with van der Waals surface area (Å²) in [6, 6.07) is 0. The van der Waals surface area contributed by atoms with Crippen molar-refractivity contribution >= 4 is 0 Å². The lowest BCUT2D eigenvalue weighted by atomic mass is 9.41. The Morgan fingerprint density at radius 2 is 1.31 bits per heavy atom. The van der Waals surface area contributed by atoms with Gasteiger partial charge >= 0.3 is 0 Å². The van der Waals surface area contributed by atoms with Gasteiger partial charge in [-0.2, -0.15) is 0 Å². The molecule has 0 aromatic carbocycles. The quantitative estimate of drug-likeness (QED) is 0.592. The molecule has 3 rings (SSSR count). The van der Waals surface area contributed by atoms with Gasteiger partial charge in [0, 0.05) is 6.61 Å². The highest BCUT2D eigenvalue weighted by Crippen LogP contribution is 2.71. The molecule has 0 spiro atoms. The fourth-order valence-corrected chi connectivity index (χ4v) is 3.62. The van der Waals surface area contributed by atoms with Crippen molar-refractivity contribution in [1.29, 1.82) is 0 Å². The Bertz CT molecular complexity index is 207. The van der Waals surface area contributed by atoms with Crippen LogP contribution >= 0.6 is 0 Å². The van der Waals surface area contributed by atoms with Crippen LogP contribution in [0.3, 0.4) is 0 Å². The molecule has 0 atom stereocenters. The summed E-state index contributed by atoms with van der Waals surface area (Å²) >= 11 is 0. The van der Waals surface area contributed by atoms with E-state index < -0.39 is 5.67 Å². The molecule has 3 aliphatic rings. The largest absolute Gasteiger partial charge is 0.396 e. The number of rotatable bonds is 9. The van der Waals surface area contributed by atoms with Gasteiger partial charge in [0.2, 0.25) is 0 Å². The van der Waals surface area contributed by atoms with Gasteiger partial charge in [0.25, 0.3) is 0 Å². The molecule has 1 N–H and O–H groups in total. The first-order chi connectivity index (χ1) is 7.68. The first-order valence-corrected chi connectivity index (χ1v) is 6.98. The molecule has 0 aliphatic heterocycles. The number of alkyl halides is 1. The summed E-state index contributed by atoms with van der Waals surface area (Å²) in [7, 11) is 0. The molecule has 0 aromatic rings. The van der Waals surface area contributed by atoms with E-state index in [9.17, 15) is 4.39 Å². The van der Waals surface area contributed by atoms with Crippen molar-refractivity contribution in [2.24, 2.45) is 5.41 Å². The van der Waals surface area contributed by atoms with Crippen molar-refractivity contribution in [1.82, 2.24) is 0 Å². The second-order valence-corrected chi connectivity index (χ2v) is 6.13. The number of hydrogen-bond donors (Lipinski definition) is 1. The maximum absolute atomic E-state index is 13.2. The molecule has 3 aliphatic carbocycles. The molecule has 2 heteroatoms. The van der Waals surface area contributed by atoms with Gasteiger partial charge < -0.3 is 5.11 Å². The Morgan fingerprint density at radius 3 is 1.81 bits per heavy atom. The zero-order valence-electron chi connectivity index (χ0n) is 10.3. The summed E-state index contributed by atoms with van der Waals surface area (Å²) in [5.41, 5.74) is -0.240. The van der Waals surface area contributed by atoms with Gasteiger partial charge in [0.15, 0.2) is 0 Å². The highest BCUT2D eigenvalue weighted by atomic mass is 19.1. The van der Waals surface area contributed by atoms with E-state index in [1.807, 2.05) is 0 Å². The molecule has 3 saturated carbocycles. The van der Waals surface area contributed by atoms with Crippen molar-refractivity contribution in [2.45, 2.75) is 76.3 Å². The summed E-state index contributed by atoms with van der Waals surface area (Å²) in [4.78, 5) is 0. The maximum Gasteiger partial charge on any atom is 0.112 e. The number of hydrogen-bond acceptors (Lipinski definition) is 1. The van der Waals surface area contributed by atoms with Gasteiger partial charge in [-0.05, 0) is 37.5 Å². The standard InChI is InChI=1S/C14H25FO/c15-14-10-13(11-14,12-14)8-6-4-2-1-3-5-7-9-16/h16H,1-12H2. The van der Waals surface area contributed by atoms with Gasteiger partial charge in [0.05, 0.1) is 0 Å². The van der Waals surface area contributed by atoms with Gasteiger partial charge in [-0.3, -0.25) is 0 Å². The zero-order chi connectivity index (χ0) is 11.5. The smallest absolute Gasteiger partial charge is 0.112 e. The lowest BCUT2D eigenvalue weighted by Crippen LogP contribution is -2.64. The van der Waals surface area contributed by atoms with Crippen LogP contribution in [0.25, 0.3) is 0 Å². The Morgan fingerprint density at radius 1 is 0.812 bits per heavy atom. The third kappa shape index (κ3) is 2.77. The van der Waals surface area contributed by atoms with Crippen LogP contribution in [0.1, 0.15) is 70.6 Å². The highest BCUT2D eigenvalue weighted by Gasteiger charge is 2.68. The molecular weight excluding hydrogens is 203 g/mol. The Hall–Kier alpha value is -0.110. The Balaban J connectivity index is 1.36. The molecule has 3 fully saturated rings. The van der Waals surface area contributed by atoms with Crippen LogP contribution in [0.2, 0.25) is 0 Å². The third-order valence-corrected chi connectivity index (χ3v) is 4.44. The first-order valence-electron chi connectivity index (χ1n) is 6.98. The van der Waals surface area contributed by atoms with Crippen molar-refractivity contribution in [3.63, 3.8) is 0 Å². The number of halogens is 1. The Labute approximate surface area is 98.4 Å². The molecule has 94 valence electrons. The van der Waals surface area contributed by atoms with Crippen LogP contribution in [0.15, 0.2) is 0 Å². The van der Waals surface area contributed by atoms with Gasteiger partial charge in [0.1, 0.15) is 5.67 Å². The molecule has 0 aromatic heterocycles. The number of unbranched alkanes of at least 4 members (excludes halogenated alkanes) is 6. The average Bonchev–Trinajstić information content (AvgIpc) is 2.17. The maximum atomic E-state index is 13.2. The molecule has 0 unspecified atom stereocenters. The van der Waals surface area contributed by atoms with Gasteiger partial charge in [-0.15, -0.1) is 0 Å². The van der Waals surface area contributed by atoms with Crippen LogP contribution < -0.4 is 0 Å². The molecular formula is C14H25FO. The molecule has 0 saturated heterocycles. The molecule has 2 bridgehead atoms. The van der Waals surface area contributed by atoms with E-state index >= 15 is 0 Å². The van der Waals surface area contributed by atoms with Crippen molar-refractivity contribution in [3.05, 3.63) is 0 Å². The van der Waals surface area contributed by atoms with Crippen LogP contribution in [0.5, 0.6) is 0 Å². The normalized spacial score (nSPS) is 35.6. The van der Waals surface area contributed by atoms with E-state index in [1.165, 1.54) is 44.9 Å². The number of aliphatic hydroxyl groups is 1. The molecule has 16 heavy (non-hydrogen) atoms. The second kappa shape index (κ2) is 5.03. The van der Waals surface area contributed by atoms with Crippen molar-refractivity contribution in [2.75, 3.05) is 6.61 Å². The summed E-state index contributed by atoms with van der Waals surface area (Å²) in [5, 5.41) is 8.62. The Kier molecular flexibility index (Phi) is 3.89. The monoisotopic (exact) mass is 228 g/mol. The fraction of sp³-hybridized carbons (Fsp3) is 1.00. The summed E-state index contributed by atoms with van der Waals surface area (Å²) in [5.74, 6) is 0. The summed E-state index contributed by atoms with van der Waals surface area (Å²) in [6.07, 6.45) is 12.5. The van der Waals surface area contributed by atoms with E-state index in [0.29, 0.717) is 12.0 Å². The lowest BCUT2D eigenvalue weighted by molar-refractivity contribution is -0.217. The first kappa shape index (κ1) is 12.3. The third-order valence-electron chi connectivity index (χ3n) is 4.44. The average molecular weight is 228 g/mol. The predicted molar refractivity (Wildman–Crippen MR) is 64.1 cm³/mol.